The molecule has 3 rings (SSSR count). The van der Waals surface area contributed by atoms with Gasteiger partial charge in [0, 0.05) is 41.1 Å². The standard InChI is InChI=1S/C28H31ClN2O2S/c1-21(2)30-28(33)26(19-22-9-5-3-6-10-22)31(20-23-11-7-4-8-12-23)27(32)17-18-34-25-15-13-24(29)14-16-25/h3-16,21,26H,17-20H2,1-2H3,(H,30,33). The van der Waals surface area contributed by atoms with Crippen LogP contribution in [0.5, 0.6) is 0 Å². The normalized spacial score (nSPS) is 11.8. The molecule has 0 aliphatic carbocycles. The molecule has 0 fully saturated rings. The van der Waals surface area contributed by atoms with E-state index in [9.17, 15) is 9.59 Å². The van der Waals surface area contributed by atoms with Crippen molar-refractivity contribution in [3.63, 3.8) is 0 Å². The molecule has 0 radical (unpaired) electrons. The number of hydrogen-bond acceptors (Lipinski definition) is 3. The summed E-state index contributed by atoms with van der Waals surface area (Å²) in [4.78, 5) is 29.6. The lowest BCUT2D eigenvalue weighted by Gasteiger charge is -2.32. The number of hydrogen-bond donors (Lipinski definition) is 1. The van der Waals surface area contributed by atoms with Gasteiger partial charge in [-0.05, 0) is 49.2 Å². The average molecular weight is 495 g/mol. The van der Waals surface area contributed by atoms with E-state index in [0.717, 1.165) is 16.0 Å². The summed E-state index contributed by atoms with van der Waals surface area (Å²) < 4.78 is 0. The van der Waals surface area contributed by atoms with Crippen molar-refractivity contribution in [1.82, 2.24) is 10.2 Å². The van der Waals surface area contributed by atoms with Crippen LogP contribution < -0.4 is 5.32 Å². The van der Waals surface area contributed by atoms with Crippen LogP contribution in [0, 0.1) is 0 Å². The number of halogens is 1. The largest absolute Gasteiger partial charge is 0.352 e. The minimum Gasteiger partial charge on any atom is -0.352 e. The van der Waals surface area contributed by atoms with Crippen molar-refractivity contribution in [2.75, 3.05) is 5.75 Å². The number of nitrogens with zero attached hydrogens (tertiary/aromatic N) is 1. The summed E-state index contributed by atoms with van der Waals surface area (Å²) in [6.07, 6.45) is 0.794. The highest BCUT2D eigenvalue weighted by Crippen LogP contribution is 2.22. The Labute approximate surface area is 211 Å². The van der Waals surface area contributed by atoms with E-state index in [1.54, 1.807) is 16.7 Å². The van der Waals surface area contributed by atoms with Crippen LogP contribution in [0.3, 0.4) is 0 Å². The summed E-state index contributed by atoms with van der Waals surface area (Å²) in [7, 11) is 0. The van der Waals surface area contributed by atoms with Gasteiger partial charge in [-0.15, -0.1) is 11.8 Å². The molecule has 4 nitrogen and oxygen atoms in total. The lowest BCUT2D eigenvalue weighted by Crippen LogP contribution is -2.51. The van der Waals surface area contributed by atoms with E-state index in [-0.39, 0.29) is 17.9 Å². The second-order valence-electron chi connectivity index (χ2n) is 8.43. The molecule has 34 heavy (non-hydrogen) atoms. The fourth-order valence-corrected chi connectivity index (χ4v) is 4.61. The van der Waals surface area contributed by atoms with Crippen LogP contribution in [0.4, 0.5) is 0 Å². The van der Waals surface area contributed by atoms with E-state index in [0.29, 0.717) is 30.2 Å². The Morgan fingerprint density at radius 2 is 1.47 bits per heavy atom. The summed E-state index contributed by atoms with van der Waals surface area (Å²) in [6.45, 7) is 4.25. The number of benzene rings is 3. The molecular formula is C28H31ClN2O2S. The first-order chi connectivity index (χ1) is 16.4. The van der Waals surface area contributed by atoms with Gasteiger partial charge in [0.05, 0.1) is 0 Å². The number of thioether (sulfide) groups is 1. The highest BCUT2D eigenvalue weighted by Gasteiger charge is 2.30. The van der Waals surface area contributed by atoms with E-state index in [2.05, 4.69) is 5.32 Å². The van der Waals surface area contributed by atoms with E-state index in [4.69, 9.17) is 11.6 Å². The van der Waals surface area contributed by atoms with Crippen LogP contribution >= 0.6 is 23.4 Å². The predicted octanol–water partition coefficient (Wildman–Crippen LogP) is 5.99. The molecule has 1 atom stereocenters. The number of amides is 2. The minimum atomic E-state index is -0.599. The molecule has 0 aliphatic rings. The van der Waals surface area contributed by atoms with Gasteiger partial charge in [0.25, 0.3) is 0 Å². The molecule has 6 heteroatoms. The molecule has 0 bridgehead atoms. The number of nitrogens with one attached hydrogen (secondary N) is 1. The molecule has 1 unspecified atom stereocenters. The molecule has 2 amide bonds. The molecule has 0 spiro atoms. The predicted molar refractivity (Wildman–Crippen MR) is 141 cm³/mol. The lowest BCUT2D eigenvalue weighted by atomic mass is 10.0. The number of carbonyl (C=O) groups is 2. The van der Waals surface area contributed by atoms with Gasteiger partial charge >= 0.3 is 0 Å². The molecule has 0 saturated carbocycles. The summed E-state index contributed by atoms with van der Waals surface area (Å²) >= 11 is 7.58. The molecule has 0 saturated heterocycles. The van der Waals surface area contributed by atoms with Gasteiger partial charge in [-0.25, -0.2) is 0 Å². The van der Waals surface area contributed by atoms with Crippen molar-refractivity contribution in [2.45, 2.75) is 50.2 Å². The zero-order chi connectivity index (χ0) is 24.3. The second kappa shape index (κ2) is 13.2. The van der Waals surface area contributed by atoms with Gasteiger partial charge in [0.1, 0.15) is 6.04 Å². The monoisotopic (exact) mass is 494 g/mol. The van der Waals surface area contributed by atoms with Crippen LogP contribution in [-0.2, 0) is 22.6 Å². The van der Waals surface area contributed by atoms with Crippen LogP contribution in [0.15, 0.2) is 89.8 Å². The second-order valence-corrected chi connectivity index (χ2v) is 10.0. The molecular weight excluding hydrogens is 464 g/mol. The first-order valence-electron chi connectivity index (χ1n) is 11.5. The first-order valence-corrected chi connectivity index (χ1v) is 12.8. The van der Waals surface area contributed by atoms with Crippen LogP contribution in [0.25, 0.3) is 0 Å². The maximum absolute atomic E-state index is 13.5. The summed E-state index contributed by atoms with van der Waals surface area (Å²) in [5, 5.41) is 3.71. The number of carbonyl (C=O) groups excluding carboxylic acids is 2. The summed E-state index contributed by atoms with van der Waals surface area (Å²) in [6, 6.07) is 26.7. The molecule has 178 valence electrons. The Morgan fingerprint density at radius 1 is 0.882 bits per heavy atom. The fraction of sp³-hybridized carbons (Fsp3) is 0.286. The van der Waals surface area contributed by atoms with Crippen molar-refractivity contribution in [2.24, 2.45) is 0 Å². The topological polar surface area (TPSA) is 49.4 Å². The Hall–Kier alpha value is -2.76. The van der Waals surface area contributed by atoms with Gasteiger partial charge in [-0.2, -0.15) is 0 Å². The zero-order valence-corrected chi connectivity index (χ0v) is 21.2. The van der Waals surface area contributed by atoms with Gasteiger partial charge in [0.2, 0.25) is 11.8 Å². The van der Waals surface area contributed by atoms with Gasteiger partial charge < -0.3 is 10.2 Å². The molecule has 0 aromatic heterocycles. The minimum absolute atomic E-state index is 0.0140. The average Bonchev–Trinajstić information content (AvgIpc) is 2.83. The molecule has 3 aromatic carbocycles. The summed E-state index contributed by atoms with van der Waals surface area (Å²) in [5.74, 6) is 0.453. The van der Waals surface area contributed by atoms with Crippen molar-refractivity contribution < 1.29 is 9.59 Å². The smallest absolute Gasteiger partial charge is 0.243 e. The van der Waals surface area contributed by atoms with Crippen LogP contribution in [0.1, 0.15) is 31.4 Å². The van der Waals surface area contributed by atoms with Crippen molar-refractivity contribution >= 4 is 35.2 Å². The maximum atomic E-state index is 13.5. The summed E-state index contributed by atoms with van der Waals surface area (Å²) in [5.41, 5.74) is 2.02. The Kier molecular flexibility index (Phi) is 10.0. The molecule has 0 heterocycles. The lowest BCUT2D eigenvalue weighted by molar-refractivity contribution is -0.141. The molecule has 0 aliphatic heterocycles. The fourth-order valence-electron chi connectivity index (χ4n) is 3.65. The highest BCUT2D eigenvalue weighted by molar-refractivity contribution is 7.99. The maximum Gasteiger partial charge on any atom is 0.243 e. The molecule has 1 N–H and O–H groups in total. The Morgan fingerprint density at radius 3 is 2.06 bits per heavy atom. The third-order valence-corrected chi connectivity index (χ3v) is 6.56. The van der Waals surface area contributed by atoms with E-state index < -0.39 is 6.04 Å². The zero-order valence-electron chi connectivity index (χ0n) is 19.6. The Balaban J connectivity index is 1.81. The van der Waals surface area contributed by atoms with E-state index >= 15 is 0 Å². The van der Waals surface area contributed by atoms with Gasteiger partial charge in [0.15, 0.2) is 0 Å². The molecule has 3 aromatic rings. The first kappa shape index (κ1) is 25.9. The Bertz CT molecular complexity index is 1040. The van der Waals surface area contributed by atoms with Gasteiger partial charge in [-0.3, -0.25) is 9.59 Å². The quantitative estimate of drug-likeness (QED) is 0.333. The third kappa shape index (κ3) is 8.23. The van der Waals surface area contributed by atoms with Crippen molar-refractivity contribution in [3.8, 4) is 0 Å². The highest BCUT2D eigenvalue weighted by atomic mass is 35.5. The van der Waals surface area contributed by atoms with Crippen LogP contribution in [-0.4, -0.2) is 34.6 Å². The SMILES string of the molecule is CC(C)NC(=O)C(Cc1ccccc1)N(Cc1ccccc1)C(=O)CCSc1ccc(Cl)cc1. The van der Waals surface area contributed by atoms with E-state index in [1.165, 1.54) is 0 Å². The van der Waals surface area contributed by atoms with Crippen molar-refractivity contribution in [3.05, 3.63) is 101 Å². The van der Waals surface area contributed by atoms with E-state index in [1.807, 2.05) is 98.8 Å². The van der Waals surface area contributed by atoms with Crippen LogP contribution in [0.2, 0.25) is 5.02 Å². The third-order valence-electron chi connectivity index (χ3n) is 5.30. The van der Waals surface area contributed by atoms with Gasteiger partial charge in [-0.1, -0.05) is 72.3 Å². The van der Waals surface area contributed by atoms with Crippen molar-refractivity contribution in [1.29, 1.82) is 0 Å². The number of rotatable bonds is 11.